The summed E-state index contributed by atoms with van der Waals surface area (Å²) in [5.41, 5.74) is 0. The third-order valence-electron chi connectivity index (χ3n) is 10.3. The van der Waals surface area contributed by atoms with Crippen molar-refractivity contribution in [1.82, 2.24) is 9.80 Å². The zero-order valence-electron chi connectivity index (χ0n) is 19.3. The molecule has 1 heterocycles. The van der Waals surface area contributed by atoms with Crippen LogP contribution in [-0.4, -0.2) is 49.5 Å². The third kappa shape index (κ3) is 3.65. The summed E-state index contributed by atoms with van der Waals surface area (Å²) in [6.07, 6.45) is 17.0. The van der Waals surface area contributed by atoms with Crippen LogP contribution in [-0.2, 0) is 0 Å². The van der Waals surface area contributed by atoms with E-state index >= 15 is 0 Å². The number of hydrogen-bond acceptors (Lipinski definition) is 4. The van der Waals surface area contributed by atoms with Gasteiger partial charge in [0.25, 0.3) is 10.5 Å². The van der Waals surface area contributed by atoms with Gasteiger partial charge in [0.1, 0.15) is 0 Å². The van der Waals surface area contributed by atoms with Gasteiger partial charge >= 0.3 is 0 Å². The molecule has 8 aliphatic carbocycles. The normalized spacial score (nSPS) is 48.5. The summed E-state index contributed by atoms with van der Waals surface area (Å²) in [7, 11) is 0. The van der Waals surface area contributed by atoms with Gasteiger partial charge in [0.15, 0.2) is 0 Å². The lowest BCUT2D eigenvalue weighted by Gasteiger charge is -2.56. The summed E-state index contributed by atoms with van der Waals surface area (Å²) in [6.45, 7) is 2.17. The monoisotopic (exact) mass is 474 g/mol. The lowest BCUT2D eigenvalue weighted by molar-refractivity contribution is 0.0382. The SMILES string of the molecule is O=C(SC12CC3CC(CC(C3)C1)C2)N1CCCN(C(=O)SC23CC4CC(CC(C4)C2)C3)C1. The second-order valence-corrected chi connectivity index (χ2v) is 15.8. The Hall–Kier alpha value is -0.360. The molecule has 6 heteroatoms. The molecule has 9 fully saturated rings. The maximum atomic E-state index is 13.4. The average Bonchev–Trinajstić information content (AvgIpc) is 2.71. The van der Waals surface area contributed by atoms with Gasteiger partial charge in [-0.1, -0.05) is 23.5 Å². The number of amides is 2. The first-order valence-corrected chi connectivity index (χ1v) is 15.0. The van der Waals surface area contributed by atoms with Crippen molar-refractivity contribution in [3.63, 3.8) is 0 Å². The Labute approximate surface area is 201 Å². The minimum absolute atomic E-state index is 0.214. The first-order valence-electron chi connectivity index (χ1n) is 13.4. The smallest absolute Gasteiger partial charge is 0.283 e. The lowest BCUT2D eigenvalue weighted by Crippen LogP contribution is -2.53. The van der Waals surface area contributed by atoms with E-state index < -0.39 is 0 Å². The van der Waals surface area contributed by atoms with E-state index in [1.165, 1.54) is 77.0 Å². The standard InChI is InChI=1S/C26H38N2O2S2/c29-23(31-25-10-17-4-18(11-25)6-19(5-17)12-25)27-2-1-3-28(16-27)24(30)32-26-13-20-7-21(14-26)9-22(8-20)15-26/h17-22H,1-16H2. The molecule has 0 atom stereocenters. The first kappa shape index (κ1) is 21.0. The summed E-state index contributed by atoms with van der Waals surface area (Å²) in [4.78, 5) is 30.8. The van der Waals surface area contributed by atoms with Crippen molar-refractivity contribution in [3.8, 4) is 0 Å². The molecule has 9 aliphatic rings. The van der Waals surface area contributed by atoms with Crippen molar-refractivity contribution >= 4 is 34.0 Å². The second-order valence-electron chi connectivity index (χ2n) is 13.0. The van der Waals surface area contributed by atoms with E-state index in [0.717, 1.165) is 55.0 Å². The summed E-state index contributed by atoms with van der Waals surface area (Å²) in [6, 6.07) is 0. The molecule has 32 heavy (non-hydrogen) atoms. The molecule has 176 valence electrons. The summed E-state index contributed by atoms with van der Waals surface area (Å²) in [5, 5.41) is 0.508. The van der Waals surface area contributed by atoms with Crippen LogP contribution in [0.3, 0.4) is 0 Å². The maximum Gasteiger partial charge on any atom is 0.283 e. The Morgan fingerprint density at radius 1 is 0.562 bits per heavy atom. The van der Waals surface area contributed by atoms with Crippen LogP contribution in [0.4, 0.5) is 9.59 Å². The van der Waals surface area contributed by atoms with Gasteiger partial charge in [-0.15, -0.1) is 0 Å². The summed E-state index contributed by atoms with van der Waals surface area (Å²) in [5.74, 6) is 5.24. The number of hydrogen-bond donors (Lipinski definition) is 0. The molecule has 0 spiro atoms. The van der Waals surface area contributed by atoms with Gasteiger partial charge in [-0.2, -0.15) is 0 Å². The van der Waals surface area contributed by atoms with E-state index in [-0.39, 0.29) is 20.0 Å². The highest BCUT2D eigenvalue weighted by atomic mass is 32.2. The second kappa shape index (κ2) is 7.57. The molecule has 0 radical (unpaired) electrons. The molecule has 0 aromatic heterocycles. The number of carbonyl (C=O) groups excluding carboxylic acids is 2. The minimum atomic E-state index is 0.214. The van der Waals surface area contributed by atoms with Crippen LogP contribution >= 0.6 is 23.5 Å². The van der Waals surface area contributed by atoms with Crippen LogP contribution in [0.2, 0.25) is 0 Å². The summed E-state index contributed by atoms with van der Waals surface area (Å²) >= 11 is 3.35. The molecule has 2 amide bonds. The number of nitrogens with zero attached hydrogens (tertiary/aromatic N) is 2. The van der Waals surface area contributed by atoms with E-state index in [9.17, 15) is 9.59 Å². The molecule has 0 aromatic rings. The van der Waals surface area contributed by atoms with Gasteiger partial charge in [0.2, 0.25) is 0 Å². The van der Waals surface area contributed by atoms with Gasteiger partial charge in [-0.25, -0.2) is 0 Å². The third-order valence-corrected chi connectivity index (χ3v) is 13.0. The molecule has 0 aromatic carbocycles. The highest BCUT2D eigenvalue weighted by Gasteiger charge is 2.54. The highest BCUT2D eigenvalue weighted by Crippen LogP contribution is 2.62. The molecule has 8 bridgehead atoms. The molecule has 8 saturated carbocycles. The largest absolute Gasteiger partial charge is 0.316 e. The molecule has 9 rings (SSSR count). The zero-order valence-corrected chi connectivity index (χ0v) is 20.9. The Balaban J connectivity index is 0.992. The van der Waals surface area contributed by atoms with E-state index in [1.54, 1.807) is 23.5 Å². The van der Waals surface area contributed by atoms with Crippen LogP contribution in [0.25, 0.3) is 0 Å². The van der Waals surface area contributed by atoms with Crippen molar-refractivity contribution in [2.24, 2.45) is 35.5 Å². The average molecular weight is 475 g/mol. The van der Waals surface area contributed by atoms with E-state index in [2.05, 4.69) is 0 Å². The fourth-order valence-corrected chi connectivity index (χ4v) is 13.1. The van der Waals surface area contributed by atoms with Gasteiger partial charge < -0.3 is 9.80 Å². The summed E-state index contributed by atoms with van der Waals surface area (Å²) < 4.78 is 0.429. The van der Waals surface area contributed by atoms with Crippen molar-refractivity contribution < 1.29 is 9.59 Å². The maximum absolute atomic E-state index is 13.4. The van der Waals surface area contributed by atoms with Crippen LogP contribution in [0.15, 0.2) is 0 Å². The van der Waals surface area contributed by atoms with Crippen LogP contribution < -0.4 is 0 Å². The Morgan fingerprint density at radius 2 is 0.875 bits per heavy atom. The quantitative estimate of drug-likeness (QED) is 0.452. The molecular formula is C26H38N2O2S2. The number of thioether (sulfide) groups is 2. The molecule has 0 N–H and O–H groups in total. The fraction of sp³-hybridized carbons (Fsp3) is 0.923. The molecular weight excluding hydrogens is 436 g/mol. The first-order chi connectivity index (χ1) is 15.4. The lowest BCUT2D eigenvalue weighted by atomic mass is 9.56. The van der Waals surface area contributed by atoms with Gasteiger partial charge in [0, 0.05) is 22.6 Å². The van der Waals surface area contributed by atoms with Gasteiger partial charge in [-0.3, -0.25) is 9.59 Å². The minimum Gasteiger partial charge on any atom is -0.316 e. The topological polar surface area (TPSA) is 40.6 Å². The Kier molecular flexibility index (Phi) is 4.96. The highest BCUT2D eigenvalue weighted by molar-refractivity contribution is 8.15. The van der Waals surface area contributed by atoms with Gasteiger partial charge in [0.05, 0.1) is 6.67 Å². The van der Waals surface area contributed by atoms with Gasteiger partial charge in [-0.05, 0) is 119 Å². The number of rotatable bonds is 2. The van der Waals surface area contributed by atoms with Crippen molar-refractivity contribution in [1.29, 1.82) is 0 Å². The van der Waals surface area contributed by atoms with E-state index in [0.29, 0.717) is 6.67 Å². The van der Waals surface area contributed by atoms with E-state index in [4.69, 9.17) is 0 Å². The molecule has 0 unspecified atom stereocenters. The van der Waals surface area contributed by atoms with Crippen LogP contribution in [0.1, 0.15) is 83.5 Å². The molecule has 1 aliphatic heterocycles. The fourth-order valence-electron chi connectivity index (χ4n) is 9.91. The predicted molar refractivity (Wildman–Crippen MR) is 131 cm³/mol. The molecule has 1 saturated heterocycles. The Bertz CT molecular complexity index is 679. The Morgan fingerprint density at radius 3 is 1.19 bits per heavy atom. The number of carbonyl (C=O) groups is 2. The van der Waals surface area contributed by atoms with E-state index in [1.807, 2.05) is 9.80 Å². The van der Waals surface area contributed by atoms with Crippen molar-refractivity contribution in [2.75, 3.05) is 19.8 Å². The zero-order chi connectivity index (χ0) is 21.5. The van der Waals surface area contributed by atoms with Crippen molar-refractivity contribution in [3.05, 3.63) is 0 Å². The molecule has 4 nitrogen and oxygen atoms in total. The van der Waals surface area contributed by atoms with Crippen LogP contribution in [0, 0.1) is 35.5 Å². The predicted octanol–water partition coefficient (Wildman–Crippen LogP) is 6.60. The van der Waals surface area contributed by atoms with Crippen molar-refractivity contribution in [2.45, 2.75) is 93.0 Å². The van der Waals surface area contributed by atoms with Crippen LogP contribution in [0.5, 0.6) is 0 Å².